The molecule has 3 nitrogen and oxygen atoms in total. The highest BCUT2D eigenvalue weighted by molar-refractivity contribution is 6.06. The van der Waals surface area contributed by atoms with Crippen molar-refractivity contribution in [1.82, 2.24) is 10.3 Å². The normalized spacial score (nSPS) is 16.6. The van der Waals surface area contributed by atoms with Crippen molar-refractivity contribution in [2.24, 2.45) is 5.92 Å². The van der Waals surface area contributed by atoms with E-state index < -0.39 is 0 Å². The van der Waals surface area contributed by atoms with Crippen molar-refractivity contribution in [1.29, 1.82) is 0 Å². The molecular weight excluding hydrogens is 236 g/mol. The highest BCUT2D eigenvalue weighted by Gasteiger charge is 2.19. The summed E-state index contributed by atoms with van der Waals surface area (Å²) >= 11 is 0. The minimum Gasteiger partial charge on any atom is -0.317 e. The SMILES string of the molecule is O=C(CC1CCNCC1)c1cccc2cccnc12. The van der Waals surface area contributed by atoms with Crippen molar-refractivity contribution in [3.05, 3.63) is 42.1 Å². The molecule has 1 fully saturated rings. The molecule has 2 aromatic rings. The summed E-state index contributed by atoms with van der Waals surface area (Å²) in [6.07, 6.45) is 4.61. The van der Waals surface area contributed by atoms with Crippen molar-refractivity contribution in [3.63, 3.8) is 0 Å². The molecular formula is C16H18N2O. The van der Waals surface area contributed by atoms with E-state index in [4.69, 9.17) is 0 Å². The van der Waals surface area contributed by atoms with Crippen LogP contribution in [-0.2, 0) is 0 Å². The lowest BCUT2D eigenvalue weighted by Gasteiger charge is -2.21. The molecule has 3 heteroatoms. The molecule has 0 unspecified atom stereocenters. The van der Waals surface area contributed by atoms with Gasteiger partial charge < -0.3 is 5.32 Å². The fraction of sp³-hybridized carbons (Fsp3) is 0.375. The molecule has 0 radical (unpaired) electrons. The molecule has 0 atom stereocenters. The average molecular weight is 254 g/mol. The molecule has 1 aromatic carbocycles. The van der Waals surface area contributed by atoms with E-state index in [0.717, 1.165) is 42.4 Å². The Morgan fingerprint density at radius 1 is 1.21 bits per heavy atom. The van der Waals surface area contributed by atoms with Crippen LogP contribution in [0, 0.1) is 5.92 Å². The Morgan fingerprint density at radius 2 is 2.00 bits per heavy atom. The summed E-state index contributed by atoms with van der Waals surface area (Å²) in [5, 5.41) is 4.37. The number of nitrogens with one attached hydrogen (secondary N) is 1. The molecule has 2 heterocycles. The van der Waals surface area contributed by atoms with E-state index in [9.17, 15) is 4.79 Å². The first-order chi connectivity index (χ1) is 9.34. The Hall–Kier alpha value is -1.74. The maximum absolute atomic E-state index is 12.5. The van der Waals surface area contributed by atoms with Gasteiger partial charge in [0.15, 0.2) is 5.78 Å². The first kappa shape index (κ1) is 12.3. The fourth-order valence-corrected chi connectivity index (χ4v) is 2.79. The number of Topliss-reactive ketones (excluding diaryl/α,β-unsaturated/α-hetero) is 1. The third kappa shape index (κ3) is 2.66. The molecule has 3 rings (SSSR count). The molecule has 1 aliphatic rings. The summed E-state index contributed by atoms with van der Waals surface area (Å²) in [5.74, 6) is 0.754. The highest BCUT2D eigenvalue weighted by atomic mass is 16.1. The number of hydrogen-bond donors (Lipinski definition) is 1. The zero-order valence-electron chi connectivity index (χ0n) is 10.9. The summed E-state index contributed by atoms with van der Waals surface area (Å²) in [4.78, 5) is 16.8. The number of rotatable bonds is 3. The number of hydrogen-bond acceptors (Lipinski definition) is 3. The molecule has 0 spiro atoms. The van der Waals surface area contributed by atoms with E-state index in [1.54, 1.807) is 6.20 Å². The number of fused-ring (bicyclic) bond motifs is 1. The van der Waals surface area contributed by atoms with Gasteiger partial charge in [0, 0.05) is 23.6 Å². The van der Waals surface area contributed by atoms with Crippen molar-refractivity contribution < 1.29 is 4.79 Å². The predicted octanol–water partition coefficient (Wildman–Crippen LogP) is 2.81. The molecule has 0 saturated carbocycles. The predicted molar refractivity (Wildman–Crippen MR) is 76.3 cm³/mol. The van der Waals surface area contributed by atoms with E-state index in [0.29, 0.717) is 12.3 Å². The standard InChI is InChI=1S/C16H18N2O/c19-15(11-12-6-9-17-10-7-12)14-5-1-3-13-4-2-8-18-16(13)14/h1-5,8,12,17H,6-7,9-11H2. The third-order valence-electron chi connectivity index (χ3n) is 3.87. The first-order valence-corrected chi connectivity index (χ1v) is 6.92. The van der Waals surface area contributed by atoms with Crippen LogP contribution in [0.25, 0.3) is 10.9 Å². The number of para-hydroxylation sites is 1. The van der Waals surface area contributed by atoms with Gasteiger partial charge in [-0.1, -0.05) is 18.2 Å². The molecule has 0 aliphatic carbocycles. The first-order valence-electron chi connectivity index (χ1n) is 6.92. The Morgan fingerprint density at radius 3 is 2.84 bits per heavy atom. The van der Waals surface area contributed by atoms with E-state index in [2.05, 4.69) is 10.3 Å². The molecule has 1 aliphatic heterocycles. The zero-order chi connectivity index (χ0) is 13.1. The van der Waals surface area contributed by atoms with Crippen LogP contribution in [0.4, 0.5) is 0 Å². The van der Waals surface area contributed by atoms with Crippen LogP contribution < -0.4 is 5.32 Å². The van der Waals surface area contributed by atoms with Crippen molar-refractivity contribution >= 4 is 16.7 Å². The molecule has 1 saturated heterocycles. The molecule has 1 aromatic heterocycles. The number of piperidine rings is 1. The smallest absolute Gasteiger partial charge is 0.165 e. The second kappa shape index (κ2) is 5.49. The van der Waals surface area contributed by atoms with Gasteiger partial charge in [0.1, 0.15) is 0 Å². The zero-order valence-corrected chi connectivity index (χ0v) is 10.9. The average Bonchev–Trinajstić information content (AvgIpc) is 2.47. The lowest BCUT2D eigenvalue weighted by Crippen LogP contribution is -2.28. The van der Waals surface area contributed by atoms with E-state index in [1.165, 1.54) is 0 Å². The Kier molecular flexibility index (Phi) is 3.56. The second-order valence-corrected chi connectivity index (χ2v) is 5.20. The van der Waals surface area contributed by atoms with E-state index in [-0.39, 0.29) is 5.78 Å². The van der Waals surface area contributed by atoms with Crippen molar-refractivity contribution in [3.8, 4) is 0 Å². The minimum atomic E-state index is 0.233. The number of nitrogens with zero attached hydrogens (tertiary/aromatic N) is 1. The number of pyridine rings is 1. The van der Waals surface area contributed by atoms with Gasteiger partial charge in [0.05, 0.1) is 5.52 Å². The summed E-state index contributed by atoms with van der Waals surface area (Å²) < 4.78 is 0. The lowest BCUT2D eigenvalue weighted by molar-refractivity contribution is 0.0954. The van der Waals surface area contributed by atoms with Crippen LogP contribution in [-0.4, -0.2) is 23.9 Å². The van der Waals surface area contributed by atoms with Gasteiger partial charge in [-0.3, -0.25) is 9.78 Å². The summed E-state index contributed by atoms with van der Waals surface area (Å²) in [6.45, 7) is 2.07. The van der Waals surface area contributed by atoms with Crippen LogP contribution in [0.1, 0.15) is 29.6 Å². The monoisotopic (exact) mass is 254 g/mol. The molecule has 19 heavy (non-hydrogen) atoms. The fourth-order valence-electron chi connectivity index (χ4n) is 2.79. The van der Waals surface area contributed by atoms with Gasteiger partial charge in [0.2, 0.25) is 0 Å². The summed E-state index contributed by atoms with van der Waals surface area (Å²) in [5.41, 5.74) is 1.61. The minimum absolute atomic E-state index is 0.233. The van der Waals surface area contributed by atoms with E-state index >= 15 is 0 Å². The quantitative estimate of drug-likeness (QED) is 0.856. The number of carbonyl (C=O) groups is 1. The third-order valence-corrected chi connectivity index (χ3v) is 3.87. The molecule has 0 bridgehead atoms. The van der Waals surface area contributed by atoms with Crippen LogP contribution >= 0.6 is 0 Å². The number of benzene rings is 1. The molecule has 0 amide bonds. The van der Waals surface area contributed by atoms with Gasteiger partial charge >= 0.3 is 0 Å². The maximum Gasteiger partial charge on any atom is 0.165 e. The maximum atomic E-state index is 12.5. The Bertz CT molecular complexity index is 583. The highest BCUT2D eigenvalue weighted by Crippen LogP contribution is 2.22. The van der Waals surface area contributed by atoms with Crippen LogP contribution in [0.2, 0.25) is 0 Å². The largest absolute Gasteiger partial charge is 0.317 e. The van der Waals surface area contributed by atoms with Crippen LogP contribution in [0.3, 0.4) is 0 Å². The molecule has 98 valence electrons. The van der Waals surface area contributed by atoms with Gasteiger partial charge in [-0.2, -0.15) is 0 Å². The lowest BCUT2D eigenvalue weighted by atomic mass is 9.90. The van der Waals surface area contributed by atoms with Crippen LogP contribution in [0.5, 0.6) is 0 Å². The van der Waals surface area contributed by atoms with Crippen molar-refractivity contribution in [2.45, 2.75) is 19.3 Å². The number of ketones is 1. The number of carbonyl (C=O) groups excluding carboxylic acids is 1. The Balaban J connectivity index is 1.85. The van der Waals surface area contributed by atoms with Gasteiger partial charge in [-0.25, -0.2) is 0 Å². The second-order valence-electron chi connectivity index (χ2n) is 5.20. The van der Waals surface area contributed by atoms with Gasteiger partial charge in [-0.15, -0.1) is 0 Å². The van der Waals surface area contributed by atoms with E-state index in [1.807, 2.05) is 30.3 Å². The summed E-state index contributed by atoms with van der Waals surface area (Å²) in [7, 11) is 0. The number of aromatic nitrogens is 1. The Labute approximate surface area is 113 Å². The van der Waals surface area contributed by atoms with Gasteiger partial charge in [0.25, 0.3) is 0 Å². The molecule has 1 N–H and O–H groups in total. The topological polar surface area (TPSA) is 42.0 Å². The summed E-state index contributed by atoms with van der Waals surface area (Å²) in [6, 6.07) is 9.76. The van der Waals surface area contributed by atoms with Crippen LogP contribution in [0.15, 0.2) is 36.5 Å². The van der Waals surface area contributed by atoms with Gasteiger partial charge in [-0.05, 0) is 44.0 Å². The van der Waals surface area contributed by atoms with Crippen molar-refractivity contribution in [2.75, 3.05) is 13.1 Å².